The summed E-state index contributed by atoms with van der Waals surface area (Å²) in [6, 6.07) is 2.03. The number of amides is 1. The fraction of sp³-hybridized carbons (Fsp3) is 0.533. The highest BCUT2D eigenvalue weighted by Crippen LogP contribution is 2.26. The van der Waals surface area contributed by atoms with Crippen molar-refractivity contribution in [1.82, 2.24) is 24.9 Å². The van der Waals surface area contributed by atoms with E-state index in [1.54, 1.807) is 10.9 Å². The number of nitrogens with one attached hydrogen (secondary N) is 1. The number of aromatic amines is 1. The Morgan fingerprint density at radius 2 is 2.24 bits per heavy atom. The number of carbonyl (C=O) groups is 1. The maximum atomic E-state index is 12.2. The van der Waals surface area contributed by atoms with Crippen LogP contribution in [0.4, 0.5) is 0 Å². The van der Waals surface area contributed by atoms with Crippen LogP contribution < -0.4 is 0 Å². The van der Waals surface area contributed by atoms with E-state index in [0.29, 0.717) is 12.3 Å². The summed E-state index contributed by atoms with van der Waals surface area (Å²) < 4.78 is 1.77. The number of hydrogen-bond acceptors (Lipinski definition) is 3. The Morgan fingerprint density at radius 1 is 1.43 bits per heavy atom. The molecule has 0 spiro atoms. The number of aromatic nitrogens is 4. The Labute approximate surface area is 124 Å². The van der Waals surface area contributed by atoms with Crippen LogP contribution in [0.5, 0.6) is 0 Å². The molecule has 0 radical (unpaired) electrons. The van der Waals surface area contributed by atoms with E-state index in [4.69, 9.17) is 0 Å². The van der Waals surface area contributed by atoms with Gasteiger partial charge in [0, 0.05) is 50.6 Å². The van der Waals surface area contributed by atoms with Crippen molar-refractivity contribution >= 4 is 5.91 Å². The minimum Gasteiger partial charge on any atom is -0.343 e. The predicted molar refractivity (Wildman–Crippen MR) is 78.7 cm³/mol. The van der Waals surface area contributed by atoms with Crippen molar-refractivity contribution in [3.8, 4) is 0 Å². The molecule has 0 atom stereocenters. The molecule has 1 amide bonds. The number of hydrogen-bond donors (Lipinski definition) is 1. The number of likely N-dealkylation sites (tertiary alicyclic amines) is 1. The van der Waals surface area contributed by atoms with Gasteiger partial charge in [-0.15, -0.1) is 0 Å². The minimum atomic E-state index is 0.252. The van der Waals surface area contributed by atoms with Crippen LogP contribution >= 0.6 is 0 Å². The summed E-state index contributed by atoms with van der Waals surface area (Å²) in [6.45, 7) is 1.69. The highest BCUT2D eigenvalue weighted by molar-refractivity contribution is 5.76. The first kappa shape index (κ1) is 13.9. The van der Waals surface area contributed by atoms with E-state index in [2.05, 4.69) is 15.3 Å². The Balaban J connectivity index is 1.46. The van der Waals surface area contributed by atoms with Crippen molar-refractivity contribution in [2.45, 2.75) is 31.6 Å². The molecule has 0 bridgehead atoms. The molecule has 1 saturated heterocycles. The lowest BCUT2D eigenvalue weighted by molar-refractivity contribution is -0.132. The summed E-state index contributed by atoms with van der Waals surface area (Å²) in [5.74, 6) is 0.761. The number of piperidine rings is 1. The average Bonchev–Trinajstić information content (AvgIpc) is 3.16. The van der Waals surface area contributed by atoms with Crippen molar-refractivity contribution < 1.29 is 4.79 Å². The van der Waals surface area contributed by atoms with Crippen LogP contribution in [-0.4, -0.2) is 43.9 Å². The average molecular weight is 287 g/mol. The molecule has 1 fully saturated rings. The lowest BCUT2D eigenvalue weighted by atomic mass is 9.93. The first-order valence-electron chi connectivity index (χ1n) is 7.47. The number of aryl methyl sites for hydroxylation is 2. The van der Waals surface area contributed by atoms with E-state index in [1.807, 2.05) is 30.4 Å². The third-order valence-corrected chi connectivity index (χ3v) is 4.20. The number of H-pyrrole nitrogens is 1. The van der Waals surface area contributed by atoms with Gasteiger partial charge in [-0.25, -0.2) is 0 Å². The van der Waals surface area contributed by atoms with Crippen LogP contribution in [0.1, 0.15) is 36.4 Å². The van der Waals surface area contributed by atoms with E-state index >= 15 is 0 Å². The molecule has 6 nitrogen and oxygen atoms in total. The normalized spacial score (nSPS) is 16.3. The molecule has 6 heteroatoms. The minimum absolute atomic E-state index is 0.252. The van der Waals surface area contributed by atoms with Crippen LogP contribution in [0.25, 0.3) is 0 Å². The summed E-state index contributed by atoms with van der Waals surface area (Å²) in [5.41, 5.74) is 2.32. The zero-order valence-electron chi connectivity index (χ0n) is 12.3. The molecular formula is C15H21N5O. The quantitative estimate of drug-likeness (QED) is 0.926. The summed E-state index contributed by atoms with van der Waals surface area (Å²) >= 11 is 0. The van der Waals surface area contributed by atoms with Gasteiger partial charge in [-0.1, -0.05) is 0 Å². The van der Waals surface area contributed by atoms with Gasteiger partial charge in [0.1, 0.15) is 0 Å². The van der Waals surface area contributed by atoms with Gasteiger partial charge in [0.15, 0.2) is 0 Å². The first-order chi connectivity index (χ1) is 10.2. The molecule has 0 saturated carbocycles. The van der Waals surface area contributed by atoms with E-state index in [0.717, 1.165) is 37.9 Å². The van der Waals surface area contributed by atoms with Crippen LogP contribution in [0, 0.1) is 0 Å². The Kier molecular flexibility index (Phi) is 4.03. The van der Waals surface area contributed by atoms with Crippen LogP contribution in [-0.2, 0) is 18.3 Å². The van der Waals surface area contributed by atoms with Gasteiger partial charge in [-0.3, -0.25) is 14.6 Å². The Hall–Kier alpha value is -2.11. The number of rotatable bonds is 4. The van der Waals surface area contributed by atoms with Crippen molar-refractivity contribution in [3.63, 3.8) is 0 Å². The number of nitrogens with zero attached hydrogens (tertiary/aromatic N) is 4. The molecule has 2 aromatic rings. The van der Waals surface area contributed by atoms with Gasteiger partial charge in [-0.2, -0.15) is 10.2 Å². The summed E-state index contributed by atoms with van der Waals surface area (Å²) in [7, 11) is 1.89. The Morgan fingerprint density at radius 3 is 2.86 bits per heavy atom. The zero-order chi connectivity index (χ0) is 14.7. The topological polar surface area (TPSA) is 66.8 Å². The predicted octanol–water partition coefficient (Wildman–Crippen LogP) is 1.48. The van der Waals surface area contributed by atoms with Gasteiger partial charge >= 0.3 is 0 Å². The highest BCUT2D eigenvalue weighted by Gasteiger charge is 2.24. The monoisotopic (exact) mass is 287 g/mol. The molecule has 1 aliphatic heterocycles. The summed E-state index contributed by atoms with van der Waals surface area (Å²) in [6.07, 6.45) is 8.96. The zero-order valence-corrected chi connectivity index (χ0v) is 12.3. The van der Waals surface area contributed by atoms with Crippen molar-refractivity contribution in [1.29, 1.82) is 0 Å². The molecule has 0 aromatic carbocycles. The van der Waals surface area contributed by atoms with Crippen LogP contribution in [0.2, 0.25) is 0 Å². The third-order valence-electron chi connectivity index (χ3n) is 4.20. The molecule has 21 heavy (non-hydrogen) atoms. The van der Waals surface area contributed by atoms with Crippen molar-refractivity contribution in [2.24, 2.45) is 7.05 Å². The molecule has 2 aromatic heterocycles. The molecule has 1 N–H and O–H groups in total. The molecule has 0 unspecified atom stereocenters. The molecular weight excluding hydrogens is 266 g/mol. The molecule has 0 aliphatic carbocycles. The van der Waals surface area contributed by atoms with Gasteiger partial charge in [0.2, 0.25) is 5.91 Å². The second-order valence-electron chi connectivity index (χ2n) is 5.69. The molecule has 3 rings (SSSR count). The van der Waals surface area contributed by atoms with Crippen molar-refractivity contribution in [3.05, 3.63) is 35.9 Å². The molecule has 112 valence electrons. The van der Waals surface area contributed by atoms with Gasteiger partial charge < -0.3 is 4.90 Å². The van der Waals surface area contributed by atoms with Gasteiger partial charge in [0.05, 0.1) is 6.20 Å². The first-order valence-corrected chi connectivity index (χ1v) is 7.47. The van der Waals surface area contributed by atoms with Gasteiger partial charge in [0.25, 0.3) is 0 Å². The van der Waals surface area contributed by atoms with Crippen LogP contribution in [0.15, 0.2) is 24.7 Å². The summed E-state index contributed by atoms with van der Waals surface area (Å²) in [5, 5.41) is 11.2. The summed E-state index contributed by atoms with van der Waals surface area (Å²) in [4.78, 5) is 14.2. The fourth-order valence-electron chi connectivity index (χ4n) is 2.94. The Bertz CT molecular complexity index is 581. The van der Waals surface area contributed by atoms with Gasteiger partial charge in [-0.05, 0) is 30.9 Å². The highest BCUT2D eigenvalue weighted by atomic mass is 16.2. The van der Waals surface area contributed by atoms with Crippen LogP contribution in [0.3, 0.4) is 0 Å². The number of carbonyl (C=O) groups excluding carboxylic acids is 1. The molecule has 1 aliphatic rings. The largest absolute Gasteiger partial charge is 0.343 e. The van der Waals surface area contributed by atoms with E-state index < -0.39 is 0 Å². The van der Waals surface area contributed by atoms with E-state index in [-0.39, 0.29) is 5.91 Å². The maximum Gasteiger partial charge on any atom is 0.222 e. The molecule has 3 heterocycles. The van der Waals surface area contributed by atoms with Crippen molar-refractivity contribution in [2.75, 3.05) is 13.1 Å². The second kappa shape index (κ2) is 6.11. The SMILES string of the molecule is Cn1cc(CCC(=O)N2CCC(c3ccn[nH]3)CC2)cn1. The second-order valence-corrected chi connectivity index (χ2v) is 5.69. The third kappa shape index (κ3) is 3.32. The maximum absolute atomic E-state index is 12.2. The van der Waals surface area contributed by atoms with E-state index in [1.165, 1.54) is 5.69 Å². The lowest BCUT2D eigenvalue weighted by Gasteiger charge is -2.31. The fourth-order valence-corrected chi connectivity index (χ4v) is 2.94. The lowest BCUT2D eigenvalue weighted by Crippen LogP contribution is -2.38. The van der Waals surface area contributed by atoms with E-state index in [9.17, 15) is 4.79 Å². The smallest absolute Gasteiger partial charge is 0.222 e. The standard InChI is InChI=1S/C15H21N5O/c1-19-11-12(10-17-19)2-3-15(21)20-8-5-13(6-9-20)14-4-7-16-18-14/h4,7,10-11,13H,2-3,5-6,8-9H2,1H3,(H,16,18).